The second-order valence-corrected chi connectivity index (χ2v) is 4.79. The monoisotopic (exact) mass is 228 g/mol. The van der Waals surface area contributed by atoms with Crippen LogP contribution in [-0.2, 0) is 6.54 Å². The van der Waals surface area contributed by atoms with Crippen molar-refractivity contribution in [2.75, 3.05) is 0 Å². The largest absolute Gasteiger partial charge is 0.269 e. The molecule has 1 aromatic heterocycles. The fourth-order valence-electron chi connectivity index (χ4n) is 2.01. The maximum absolute atomic E-state index is 4.67. The van der Waals surface area contributed by atoms with Gasteiger partial charge >= 0.3 is 0 Å². The summed E-state index contributed by atoms with van der Waals surface area (Å²) >= 11 is 0. The fourth-order valence-corrected chi connectivity index (χ4v) is 2.01. The van der Waals surface area contributed by atoms with E-state index in [9.17, 15) is 0 Å². The topological polar surface area (TPSA) is 17.8 Å². The van der Waals surface area contributed by atoms with E-state index in [1.807, 2.05) is 0 Å². The molecule has 0 N–H and O–H groups in total. The highest BCUT2D eigenvalue weighted by molar-refractivity contribution is 5.59. The van der Waals surface area contributed by atoms with Crippen molar-refractivity contribution in [1.29, 1.82) is 0 Å². The lowest BCUT2D eigenvalue weighted by atomic mass is 10.1. The van der Waals surface area contributed by atoms with Gasteiger partial charge in [0.25, 0.3) is 0 Å². The summed E-state index contributed by atoms with van der Waals surface area (Å²) in [6, 6.07) is 10.8. The summed E-state index contributed by atoms with van der Waals surface area (Å²) in [4.78, 5) is 0. The lowest BCUT2D eigenvalue weighted by Crippen LogP contribution is -2.03. The predicted octanol–water partition coefficient (Wildman–Crippen LogP) is 4.00. The first-order valence-electron chi connectivity index (χ1n) is 6.26. The molecule has 2 rings (SSSR count). The highest BCUT2D eigenvalue weighted by Gasteiger charge is 2.10. The van der Waals surface area contributed by atoms with Crippen molar-refractivity contribution in [1.82, 2.24) is 9.78 Å². The molecule has 0 amide bonds. The Morgan fingerprint density at radius 3 is 2.29 bits per heavy atom. The first kappa shape index (κ1) is 11.9. The SMILES string of the molecule is CCn1nc(-c2ccc(C)cc2)cc1C(C)C. The molecule has 0 spiro atoms. The zero-order chi connectivity index (χ0) is 12.4. The first-order chi connectivity index (χ1) is 8.11. The highest BCUT2D eigenvalue weighted by atomic mass is 15.3. The molecular weight excluding hydrogens is 208 g/mol. The van der Waals surface area contributed by atoms with Crippen LogP contribution >= 0.6 is 0 Å². The van der Waals surface area contributed by atoms with Crippen molar-refractivity contribution >= 4 is 0 Å². The van der Waals surface area contributed by atoms with Crippen LogP contribution in [0.1, 0.15) is 37.9 Å². The van der Waals surface area contributed by atoms with Crippen LogP contribution in [0.25, 0.3) is 11.3 Å². The van der Waals surface area contributed by atoms with Gasteiger partial charge in [0.05, 0.1) is 5.69 Å². The first-order valence-corrected chi connectivity index (χ1v) is 6.26. The normalized spacial score (nSPS) is 11.1. The zero-order valence-electron chi connectivity index (χ0n) is 11.1. The number of rotatable bonds is 3. The average Bonchev–Trinajstić information content (AvgIpc) is 2.74. The van der Waals surface area contributed by atoms with Gasteiger partial charge < -0.3 is 0 Å². The van der Waals surface area contributed by atoms with Gasteiger partial charge in [0.15, 0.2) is 0 Å². The molecule has 1 heterocycles. The number of aryl methyl sites for hydroxylation is 2. The minimum Gasteiger partial charge on any atom is -0.269 e. The third-order valence-electron chi connectivity index (χ3n) is 3.05. The summed E-state index contributed by atoms with van der Waals surface area (Å²) in [7, 11) is 0. The second kappa shape index (κ2) is 4.74. The standard InChI is InChI=1S/C15H20N2/c1-5-17-15(11(2)3)10-14(16-17)13-8-6-12(4)7-9-13/h6-11H,5H2,1-4H3. The van der Waals surface area contributed by atoms with E-state index >= 15 is 0 Å². The highest BCUT2D eigenvalue weighted by Crippen LogP contribution is 2.23. The summed E-state index contributed by atoms with van der Waals surface area (Å²) in [6.07, 6.45) is 0. The number of aromatic nitrogens is 2. The van der Waals surface area contributed by atoms with Gasteiger partial charge in [-0.2, -0.15) is 5.10 Å². The van der Waals surface area contributed by atoms with Crippen LogP contribution in [0.2, 0.25) is 0 Å². The summed E-state index contributed by atoms with van der Waals surface area (Å²) in [6.45, 7) is 9.59. The third kappa shape index (κ3) is 2.41. The van der Waals surface area contributed by atoms with Crippen molar-refractivity contribution in [3.63, 3.8) is 0 Å². The Bertz CT molecular complexity index is 492. The van der Waals surface area contributed by atoms with Crippen molar-refractivity contribution in [3.05, 3.63) is 41.6 Å². The van der Waals surface area contributed by atoms with Crippen LogP contribution < -0.4 is 0 Å². The molecule has 0 radical (unpaired) electrons. The third-order valence-corrected chi connectivity index (χ3v) is 3.05. The summed E-state index contributed by atoms with van der Waals surface area (Å²) in [5.41, 5.74) is 4.87. The average molecular weight is 228 g/mol. The Kier molecular flexibility index (Phi) is 3.32. The van der Waals surface area contributed by atoms with Gasteiger partial charge in [-0.05, 0) is 25.8 Å². The maximum atomic E-state index is 4.67. The van der Waals surface area contributed by atoms with E-state index in [2.05, 4.69) is 67.8 Å². The number of hydrogen-bond acceptors (Lipinski definition) is 1. The molecule has 17 heavy (non-hydrogen) atoms. The van der Waals surface area contributed by atoms with Crippen molar-refractivity contribution < 1.29 is 0 Å². The van der Waals surface area contributed by atoms with E-state index < -0.39 is 0 Å². The molecule has 1 aromatic carbocycles. The number of benzene rings is 1. The molecule has 0 aliphatic heterocycles. The lowest BCUT2D eigenvalue weighted by Gasteiger charge is -2.06. The molecule has 2 heteroatoms. The van der Waals surface area contributed by atoms with Gasteiger partial charge in [0.2, 0.25) is 0 Å². The van der Waals surface area contributed by atoms with Gasteiger partial charge in [-0.3, -0.25) is 4.68 Å². The van der Waals surface area contributed by atoms with E-state index in [0.717, 1.165) is 12.2 Å². The molecule has 0 unspecified atom stereocenters. The molecule has 0 aliphatic carbocycles. The summed E-state index contributed by atoms with van der Waals surface area (Å²) in [5, 5.41) is 4.67. The van der Waals surface area contributed by atoms with Crippen LogP contribution in [0, 0.1) is 6.92 Å². The molecule has 0 bridgehead atoms. The predicted molar refractivity (Wildman–Crippen MR) is 72.2 cm³/mol. The van der Waals surface area contributed by atoms with Crippen LogP contribution in [-0.4, -0.2) is 9.78 Å². The van der Waals surface area contributed by atoms with Gasteiger partial charge in [-0.15, -0.1) is 0 Å². The molecule has 2 aromatic rings. The Morgan fingerprint density at radius 1 is 1.18 bits per heavy atom. The van der Waals surface area contributed by atoms with Gasteiger partial charge in [0, 0.05) is 17.8 Å². The molecule has 0 aliphatic rings. The summed E-state index contributed by atoms with van der Waals surface area (Å²) < 4.78 is 2.10. The number of nitrogens with zero attached hydrogens (tertiary/aromatic N) is 2. The van der Waals surface area contributed by atoms with E-state index in [-0.39, 0.29) is 0 Å². The van der Waals surface area contributed by atoms with Crippen molar-refractivity contribution in [2.24, 2.45) is 0 Å². The smallest absolute Gasteiger partial charge is 0.0926 e. The Balaban J connectivity index is 2.42. The lowest BCUT2D eigenvalue weighted by molar-refractivity contribution is 0.599. The molecular formula is C15H20N2. The maximum Gasteiger partial charge on any atom is 0.0926 e. The van der Waals surface area contributed by atoms with E-state index in [1.54, 1.807) is 0 Å². The van der Waals surface area contributed by atoms with E-state index in [4.69, 9.17) is 0 Å². The molecule has 2 nitrogen and oxygen atoms in total. The van der Waals surface area contributed by atoms with Crippen LogP contribution in [0.15, 0.2) is 30.3 Å². The van der Waals surface area contributed by atoms with Crippen molar-refractivity contribution in [2.45, 2.75) is 40.2 Å². The fraction of sp³-hybridized carbons (Fsp3) is 0.400. The molecule has 0 saturated heterocycles. The van der Waals surface area contributed by atoms with Crippen LogP contribution in [0.4, 0.5) is 0 Å². The molecule has 0 fully saturated rings. The summed E-state index contributed by atoms with van der Waals surface area (Å²) in [5.74, 6) is 0.515. The Morgan fingerprint density at radius 2 is 1.82 bits per heavy atom. The van der Waals surface area contributed by atoms with Crippen LogP contribution in [0.3, 0.4) is 0 Å². The van der Waals surface area contributed by atoms with Gasteiger partial charge in [0.1, 0.15) is 0 Å². The van der Waals surface area contributed by atoms with Crippen molar-refractivity contribution in [3.8, 4) is 11.3 Å². The van der Waals surface area contributed by atoms with E-state index in [1.165, 1.54) is 16.8 Å². The number of hydrogen-bond donors (Lipinski definition) is 0. The minimum atomic E-state index is 0.515. The molecule has 0 atom stereocenters. The Labute approximate surface area is 103 Å². The second-order valence-electron chi connectivity index (χ2n) is 4.79. The van der Waals surface area contributed by atoms with Crippen LogP contribution in [0.5, 0.6) is 0 Å². The molecule has 0 saturated carbocycles. The Hall–Kier alpha value is -1.57. The molecule has 90 valence electrons. The minimum absolute atomic E-state index is 0.515. The van der Waals surface area contributed by atoms with Gasteiger partial charge in [-0.25, -0.2) is 0 Å². The quantitative estimate of drug-likeness (QED) is 0.776. The van der Waals surface area contributed by atoms with Gasteiger partial charge in [-0.1, -0.05) is 43.7 Å². The van der Waals surface area contributed by atoms with E-state index in [0.29, 0.717) is 5.92 Å². The zero-order valence-corrected chi connectivity index (χ0v) is 11.1.